The number of phenolic OH excluding ortho intramolecular Hbond substituents is 1. The number of primary sulfonamides is 1. The molecule has 0 bridgehead atoms. The van der Waals surface area contributed by atoms with Crippen LogP contribution < -0.4 is 15.9 Å². The molecule has 0 aliphatic carbocycles. The number of nitrogens with one attached hydrogen (secondary N) is 2. The van der Waals surface area contributed by atoms with Gasteiger partial charge in [0.2, 0.25) is 10.0 Å². The van der Waals surface area contributed by atoms with Gasteiger partial charge in [0.25, 0.3) is 5.91 Å². The molecule has 1 heterocycles. The number of carbonyl (C=O) groups excluding carboxylic acids is 1. The number of amides is 1. The largest absolute Gasteiger partial charge is 0.508 e. The van der Waals surface area contributed by atoms with Gasteiger partial charge in [-0.15, -0.1) is 0 Å². The highest BCUT2D eigenvalue weighted by molar-refractivity contribution is 7.89. The molecule has 0 spiro atoms. The summed E-state index contributed by atoms with van der Waals surface area (Å²) in [6, 6.07) is 8.88. The molecule has 0 aromatic heterocycles. The number of hydrazone groups is 1. The molecule has 2 aromatic rings. The van der Waals surface area contributed by atoms with Gasteiger partial charge in [-0.1, -0.05) is 13.8 Å². The molecule has 0 radical (unpaired) electrons. The molecular formula is C17H18N4O4S. The molecule has 26 heavy (non-hydrogen) atoms. The van der Waals surface area contributed by atoms with Crippen molar-refractivity contribution in [3.63, 3.8) is 0 Å². The number of phenols is 1. The zero-order chi connectivity index (χ0) is 19.1. The molecule has 3 rings (SSSR count). The van der Waals surface area contributed by atoms with Crippen molar-refractivity contribution in [2.24, 2.45) is 10.2 Å². The van der Waals surface area contributed by atoms with E-state index in [1.165, 1.54) is 30.3 Å². The summed E-state index contributed by atoms with van der Waals surface area (Å²) in [5.41, 5.74) is 5.12. The van der Waals surface area contributed by atoms with Crippen LogP contribution in [0.25, 0.3) is 0 Å². The van der Waals surface area contributed by atoms with Crippen LogP contribution in [-0.2, 0) is 14.8 Å². The van der Waals surface area contributed by atoms with E-state index in [1.54, 1.807) is 6.07 Å². The number of rotatable bonds is 4. The highest BCUT2D eigenvalue weighted by atomic mass is 32.2. The van der Waals surface area contributed by atoms with Gasteiger partial charge < -0.3 is 10.4 Å². The summed E-state index contributed by atoms with van der Waals surface area (Å²) in [5, 5.41) is 22.0. The van der Waals surface area contributed by atoms with Crippen molar-refractivity contribution in [1.82, 2.24) is 0 Å². The van der Waals surface area contributed by atoms with Crippen molar-refractivity contribution >= 4 is 33.0 Å². The van der Waals surface area contributed by atoms with Crippen LogP contribution in [-0.4, -0.2) is 25.1 Å². The average molecular weight is 374 g/mol. The number of carbonyl (C=O) groups is 1. The first-order valence-electron chi connectivity index (χ1n) is 7.82. The van der Waals surface area contributed by atoms with Gasteiger partial charge in [0, 0.05) is 5.56 Å². The van der Waals surface area contributed by atoms with E-state index >= 15 is 0 Å². The van der Waals surface area contributed by atoms with Crippen molar-refractivity contribution in [2.75, 3.05) is 10.7 Å². The lowest BCUT2D eigenvalue weighted by Gasteiger charge is -2.10. The molecule has 9 heteroatoms. The third-order valence-electron chi connectivity index (χ3n) is 3.99. The monoisotopic (exact) mass is 374 g/mol. The van der Waals surface area contributed by atoms with Crippen molar-refractivity contribution in [3.8, 4) is 5.75 Å². The minimum absolute atomic E-state index is 0.0224. The molecule has 8 nitrogen and oxygen atoms in total. The van der Waals surface area contributed by atoms with Gasteiger partial charge in [0.1, 0.15) is 5.75 Å². The Kier molecular flexibility index (Phi) is 4.43. The molecule has 1 amide bonds. The summed E-state index contributed by atoms with van der Waals surface area (Å²) >= 11 is 0. The topological polar surface area (TPSA) is 134 Å². The standard InChI is InChI=1S/C17H18N4O4S/c1-9(2)12-7-14-13(8-15(12)22)16(17(23)19-14)21-20-10-3-5-11(6-4-10)26(18,24)25/h3-9,20,22H,1-2H3,(H2,18,24,25)(H,19,21,23). The number of fused-ring (bicyclic) bond motifs is 1. The van der Waals surface area contributed by atoms with Crippen molar-refractivity contribution in [3.05, 3.63) is 47.5 Å². The Morgan fingerprint density at radius 1 is 1.19 bits per heavy atom. The number of aromatic hydroxyl groups is 1. The Morgan fingerprint density at radius 3 is 2.42 bits per heavy atom. The summed E-state index contributed by atoms with van der Waals surface area (Å²) < 4.78 is 22.5. The summed E-state index contributed by atoms with van der Waals surface area (Å²) in [6.45, 7) is 3.89. The Balaban J connectivity index is 1.89. The Bertz CT molecular complexity index is 1010. The van der Waals surface area contributed by atoms with Crippen LogP contribution in [0.5, 0.6) is 5.75 Å². The number of anilines is 2. The number of nitrogens with two attached hydrogens (primary N) is 1. The lowest BCUT2D eigenvalue weighted by atomic mass is 9.98. The Hall–Kier alpha value is -2.91. The normalized spacial score (nSPS) is 15.2. The number of hydrogen-bond donors (Lipinski definition) is 4. The number of nitrogens with zero attached hydrogens (tertiary/aromatic N) is 1. The fourth-order valence-corrected chi connectivity index (χ4v) is 3.14. The average Bonchev–Trinajstić information content (AvgIpc) is 2.86. The summed E-state index contributed by atoms with van der Waals surface area (Å²) in [4.78, 5) is 12.1. The molecule has 0 unspecified atom stereocenters. The van der Waals surface area contributed by atoms with E-state index in [1.807, 2.05) is 13.8 Å². The quantitative estimate of drug-likeness (QED) is 0.479. The highest BCUT2D eigenvalue weighted by Gasteiger charge is 2.28. The van der Waals surface area contributed by atoms with Crippen molar-refractivity contribution in [2.45, 2.75) is 24.7 Å². The number of benzene rings is 2. The molecule has 136 valence electrons. The van der Waals surface area contributed by atoms with Gasteiger partial charge in [-0.3, -0.25) is 10.2 Å². The molecule has 0 atom stereocenters. The van der Waals surface area contributed by atoms with Gasteiger partial charge in [-0.25, -0.2) is 13.6 Å². The summed E-state index contributed by atoms with van der Waals surface area (Å²) in [5.74, 6) is -0.192. The van der Waals surface area contributed by atoms with Crippen LogP contribution in [0.4, 0.5) is 11.4 Å². The van der Waals surface area contributed by atoms with E-state index in [9.17, 15) is 18.3 Å². The van der Waals surface area contributed by atoms with E-state index in [-0.39, 0.29) is 22.3 Å². The third-order valence-corrected chi connectivity index (χ3v) is 4.92. The van der Waals surface area contributed by atoms with Gasteiger partial charge in [-0.2, -0.15) is 5.10 Å². The molecule has 0 saturated heterocycles. The first-order chi connectivity index (χ1) is 12.2. The third kappa shape index (κ3) is 3.39. The zero-order valence-electron chi connectivity index (χ0n) is 14.1. The predicted molar refractivity (Wildman–Crippen MR) is 98.8 cm³/mol. The lowest BCUT2D eigenvalue weighted by Crippen LogP contribution is -2.16. The minimum atomic E-state index is -3.77. The van der Waals surface area contributed by atoms with Gasteiger partial charge in [-0.05, 0) is 47.9 Å². The van der Waals surface area contributed by atoms with E-state index in [4.69, 9.17) is 5.14 Å². The second-order valence-electron chi connectivity index (χ2n) is 6.21. The molecule has 2 aromatic carbocycles. The van der Waals surface area contributed by atoms with Crippen LogP contribution >= 0.6 is 0 Å². The maximum atomic E-state index is 12.2. The van der Waals surface area contributed by atoms with Crippen LogP contribution in [0, 0.1) is 0 Å². The second kappa shape index (κ2) is 6.43. The van der Waals surface area contributed by atoms with Crippen LogP contribution in [0.2, 0.25) is 0 Å². The van der Waals surface area contributed by atoms with E-state index < -0.39 is 15.9 Å². The Morgan fingerprint density at radius 2 is 1.85 bits per heavy atom. The number of hydrogen-bond acceptors (Lipinski definition) is 6. The lowest BCUT2D eigenvalue weighted by molar-refractivity contribution is -0.110. The predicted octanol–water partition coefficient (Wildman–Crippen LogP) is 1.93. The first-order valence-corrected chi connectivity index (χ1v) is 9.36. The fraction of sp³-hybridized carbons (Fsp3) is 0.176. The summed E-state index contributed by atoms with van der Waals surface area (Å²) in [6.07, 6.45) is 0. The molecule has 5 N–H and O–H groups in total. The van der Waals surface area contributed by atoms with Gasteiger partial charge in [0.15, 0.2) is 5.71 Å². The molecule has 0 fully saturated rings. The minimum Gasteiger partial charge on any atom is -0.508 e. The SMILES string of the molecule is CC(C)c1cc2c(cc1O)/C(=N/Nc1ccc(S(N)(=O)=O)cc1)C(=O)N2. The zero-order valence-corrected chi connectivity index (χ0v) is 15.0. The highest BCUT2D eigenvalue weighted by Crippen LogP contribution is 2.34. The van der Waals surface area contributed by atoms with E-state index in [0.717, 1.165) is 5.56 Å². The molecule has 0 saturated carbocycles. The van der Waals surface area contributed by atoms with Crippen LogP contribution in [0.3, 0.4) is 0 Å². The van der Waals surface area contributed by atoms with Crippen LogP contribution in [0.15, 0.2) is 46.4 Å². The van der Waals surface area contributed by atoms with Crippen molar-refractivity contribution < 1.29 is 18.3 Å². The first kappa shape index (κ1) is 17.9. The molecule has 1 aliphatic rings. The molecule has 1 aliphatic heterocycles. The maximum Gasteiger partial charge on any atom is 0.276 e. The summed E-state index contributed by atoms with van der Waals surface area (Å²) in [7, 11) is -3.77. The smallest absolute Gasteiger partial charge is 0.276 e. The van der Waals surface area contributed by atoms with E-state index in [0.29, 0.717) is 16.9 Å². The van der Waals surface area contributed by atoms with Crippen molar-refractivity contribution in [1.29, 1.82) is 0 Å². The fourth-order valence-electron chi connectivity index (χ4n) is 2.62. The Labute approximate surface area is 150 Å². The maximum absolute atomic E-state index is 12.2. The molecular weight excluding hydrogens is 356 g/mol. The number of sulfonamides is 1. The van der Waals surface area contributed by atoms with E-state index in [2.05, 4.69) is 15.8 Å². The van der Waals surface area contributed by atoms with Crippen LogP contribution in [0.1, 0.15) is 30.9 Å². The second-order valence-corrected chi connectivity index (χ2v) is 7.77. The van der Waals surface area contributed by atoms with Gasteiger partial charge in [0.05, 0.1) is 16.3 Å². The van der Waals surface area contributed by atoms with Gasteiger partial charge >= 0.3 is 0 Å².